The molecular formula is C14H20O. The van der Waals surface area contributed by atoms with Crippen LogP contribution in [0.25, 0.3) is 0 Å². The maximum atomic E-state index is 12.2. The molecular weight excluding hydrogens is 184 g/mol. The molecule has 0 heterocycles. The van der Waals surface area contributed by atoms with Gasteiger partial charge in [-0.1, -0.05) is 20.4 Å². The molecule has 0 N–H and O–H groups in total. The molecule has 0 aromatic carbocycles. The Morgan fingerprint density at radius 2 is 2.20 bits per heavy atom. The molecule has 0 aromatic rings. The SMILES string of the molecule is C=C1CCC2CC3CC2(C)C(C)C3C1=O. The van der Waals surface area contributed by atoms with E-state index >= 15 is 0 Å². The van der Waals surface area contributed by atoms with Crippen molar-refractivity contribution in [2.24, 2.45) is 29.1 Å². The van der Waals surface area contributed by atoms with Crippen molar-refractivity contribution in [2.75, 3.05) is 0 Å². The number of hydrogen-bond acceptors (Lipinski definition) is 1. The third kappa shape index (κ3) is 1.02. The normalized spacial score (nSPS) is 53.5. The van der Waals surface area contributed by atoms with E-state index in [1.807, 2.05) is 0 Å². The first kappa shape index (κ1) is 9.62. The van der Waals surface area contributed by atoms with Gasteiger partial charge in [0.05, 0.1) is 0 Å². The van der Waals surface area contributed by atoms with Gasteiger partial charge in [-0.2, -0.15) is 0 Å². The van der Waals surface area contributed by atoms with Crippen LogP contribution >= 0.6 is 0 Å². The van der Waals surface area contributed by atoms with E-state index in [-0.39, 0.29) is 0 Å². The van der Waals surface area contributed by atoms with E-state index in [0.29, 0.717) is 29.0 Å². The summed E-state index contributed by atoms with van der Waals surface area (Å²) in [7, 11) is 0. The summed E-state index contributed by atoms with van der Waals surface area (Å²) in [6, 6.07) is 0. The predicted molar refractivity (Wildman–Crippen MR) is 60.4 cm³/mol. The van der Waals surface area contributed by atoms with Gasteiger partial charge in [0.2, 0.25) is 0 Å². The van der Waals surface area contributed by atoms with Crippen molar-refractivity contribution in [1.29, 1.82) is 0 Å². The average molecular weight is 204 g/mol. The van der Waals surface area contributed by atoms with Crippen LogP contribution in [-0.2, 0) is 4.79 Å². The smallest absolute Gasteiger partial charge is 0.161 e. The molecule has 15 heavy (non-hydrogen) atoms. The monoisotopic (exact) mass is 204 g/mol. The van der Waals surface area contributed by atoms with Crippen LogP contribution in [0.4, 0.5) is 0 Å². The van der Waals surface area contributed by atoms with Gasteiger partial charge in [0.25, 0.3) is 0 Å². The summed E-state index contributed by atoms with van der Waals surface area (Å²) in [6.07, 6.45) is 4.76. The van der Waals surface area contributed by atoms with Gasteiger partial charge in [-0.3, -0.25) is 4.79 Å². The second-order valence-corrected chi connectivity index (χ2v) is 6.22. The van der Waals surface area contributed by atoms with Crippen LogP contribution in [0.15, 0.2) is 12.2 Å². The number of hydrogen-bond donors (Lipinski definition) is 0. The van der Waals surface area contributed by atoms with E-state index in [9.17, 15) is 4.79 Å². The molecule has 5 unspecified atom stereocenters. The predicted octanol–water partition coefficient (Wildman–Crippen LogP) is 3.20. The third-order valence-corrected chi connectivity index (χ3v) is 5.75. The number of ketones is 1. The molecule has 1 heteroatoms. The average Bonchev–Trinajstić information content (AvgIpc) is 2.63. The van der Waals surface area contributed by atoms with E-state index in [1.165, 1.54) is 19.3 Å². The number of carbonyl (C=O) groups is 1. The minimum Gasteiger partial charge on any atom is -0.294 e. The number of allylic oxidation sites excluding steroid dienone is 1. The maximum Gasteiger partial charge on any atom is 0.161 e. The van der Waals surface area contributed by atoms with Crippen LogP contribution in [-0.4, -0.2) is 5.78 Å². The Kier molecular flexibility index (Phi) is 1.76. The molecule has 0 amide bonds. The summed E-state index contributed by atoms with van der Waals surface area (Å²) in [4.78, 5) is 12.2. The zero-order chi connectivity index (χ0) is 10.8. The largest absolute Gasteiger partial charge is 0.294 e. The van der Waals surface area contributed by atoms with E-state index in [1.54, 1.807) is 0 Å². The summed E-state index contributed by atoms with van der Waals surface area (Å²) in [5.74, 6) is 2.84. The van der Waals surface area contributed by atoms with Gasteiger partial charge in [-0.25, -0.2) is 0 Å². The van der Waals surface area contributed by atoms with Crippen LogP contribution < -0.4 is 0 Å². The van der Waals surface area contributed by atoms with Crippen molar-refractivity contribution in [3.8, 4) is 0 Å². The van der Waals surface area contributed by atoms with Gasteiger partial charge >= 0.3 is 0 Å². The number of fused-ring (bicyclic) bond motifs is 3. The highest BCUT2D eigenvalue weighted by Crippen LogP contribution is 2.65. The van der Waals surface area contributed by atoms with Gasteiger partial charge in [-0.15, -0.1) is 0 Å². The molecule has 0 spiro atoms. The molecule has 4 aliphatic carbocycles. The van der Waals surface area contributed by atoms with Gasteiger partial charge in [-0.05, 0) is 54.4 Å². The zero-order valence-electron chi connectivity index (χ0n) is 9.75. The highest BCUT2D eigenvalue weighted by Gasteiger charge is 2.60. The van der Waals surface area contributed by atoms with Gasteiger partial charge in [0.1, 0.15) is 0 Å². The fraction of sp³-hybridized carbons (Fsp3) is 0.786. The minimum atomic E-state index is 0.319. The molecule has 4 bridgehead atoms. The van der Waals surface area contributed by atoms with Crippen LogP contribution in [0, 0.1) is 29.1 Å². The molecule has 82 valence electrons. The van der Waals surface area contributed by atoms with Crippen molar-refractivity contribution in [3.63, 3.8) is 0 Å². The lowest BCUT2D eigenvalue weighted by atomic mass is 9.61. The fourth-order valence-corrected chi connectivity index (χ4v) is 4.70. The van der Waals surface area contributed by atoms with Gasteiger partial charge in [0, 0.05) is 5.92 Å². The van der Waals surface area contributed by atoms with E-state index < -0.39 is 0 Å². The summed E-state index contributed by atoms with van der Waals surface area (Å²) in [5, 5.41) is 0. The highest BCUT2D eigenvalue weighted by atomic mass is 16.1. The lowest BCUT2D eigenvalue weighted by molar-refractivity contribution is -0.124. The van der Waals surface area contributed by atoms with Crippen molar-refractivity contribution < 1.29 is 4.79 Å². The second-order valence-electron chi connectivity index (χ2n) is 6.22. The summed E-state index contributed by atoms with van der Waals surface area (Å²) >= 11 is 0. The molecule has 4 aliphatic rings. The summed E-state index contributed by atoms with van der Waals surface area (Å²) in [6.45, 7) is 8.70. The van der Waals surface area contributed by atoms with Crippen molar-refractivity contribution in [3.05, 3.63) is 12.2 Å². The van der Waals surface area contributed by atoms with E-state index in [2.05, 4.69) is 20.4 Å². The number of carbonyl (C=O) groups excluding carboxylic acids is 1. The van der Waals surface area contributed by atoms with Crippen LogP contribution in [0.1, 0.15) is 39.5 Å². The molecule has 0 radical (unpaired) electrons. The fourth-order valence-electron chi connectivity index (χ4n) is 4.70. The highest BCUT2D eigenvalue weighted by molar-refractivity contribution is 5.97. The molecule has 1 nitrogen and oxygen atoms in total. The molecule has 0 aromatic heterocycles. The molecule has 0 saturated heterocycles. The van der Waals surface area contributed by atoms with Crippen molar-refractivity contribution in [2.45, 2.75) is 39.5 Å². The number of rotatable bonds is 0. The quantitative estimate of drug-likeness (QED) is 0.554. The molecule has 4 saturated carbocycles. The Balaban J connectivity index is 2.06. The Morgan fingerprint density at radius 1 is 1.47 bits per heavy atom. The molecule has 5 atom stereocenters. The van der Waals surface area contributed by atoms with Crippen LogP contribution in [0.3, 0.4) is 0 Å². The lowest BCUT2D eigenvalue weighted by Gasteiger charge is -2.42. The number of Topliss-reactive ketones (excluding diaryl/α,β-unsaturated/α-hetero) is 1. The van der Waals surface area contributed by atoms with Gasteiger partial charge in [0.15, 0.2) is 5.78 Å². The third-order valence-electron chi connectivity index (χ3n) is 5.75. The van der Waals surface area contributed by atoms with Gasteiger partial charge < -0.3 is 0 Å². The topological polar surface area (TPSA) is 17.1 Å². The molecule has 4 fully saturated rings. The molecule has 0 aliphatic heterocycles. The first-order valence-corrected chi connectivity index (χ1v) is 6.26. The Morgan fingerprint density at radius 3 is 2.87 bits per heavy atom. The Hall–Kier alpha value is -0.590. The standard InChI is InChI=1S/C14H20O/c1-8-4-5-11-6-10-7-14(11,3)9(2)12(10)13(8)15/h9-12H,1,4-7H2,2-3H3. The second kappa shape index (κ2) is 2.75. The van der Waals surface area contributed by atoms with E-state index in [0.717, 1.165) is 17.9 Å². The first-order valence-electron chi connectivity index (χ1n) is 6.26. The first-order chi connectivity index (χ1) is 7.04. The van der Waals surface area contributed by atoms with Crippen LogP contribution in [0.5, 0.6) is 0 Å². The summed E-state index contributed by atoms with van der Waals surface area (Å²) < 4.78 is 0. The minimum absolute atomic E-state index is 0.319. The Bertz CT molecular complexity index is 343. The molecule has 4 rings (SSSR count). The summed E-state index contributed by atoms with van der Waals surface area (Å²) in [5.41, 5.74) is 1.37. The van der Waals surface area contributed by atoms with Crippen molar-refractivity contribution in [1.82, 2.24) is 0 Å². The lowest BCUT2D eigenvalue weighted by Crippen LogP contribution is -2.40. The van der Waals surface area contributed by atoms with Crippen molar-refractivity contribution >= 4 is 5.78 Å². The maximum absolute atomic E-state index is 12.2. The Labute approximate surface area is 91.9 Å². The van der Waals surface area contributed by atoms with E-state index in [4.69, 9.17) is 0 Å². The zero-order valence-corrected chi connectivity index (χ0v) is 9.75. The van der Waals surface area contributed by atoms with Crippen LogP contribution in [0.2, 0.25) is 0 Å².